The van der Waals surface area contributed by atoms with Crippen LogP contribution in [0.5, 0.6) is 5.75 Å². The molecule has 1 aliphatic rings. The lowest BCUT2D eigenvalue weighted by atomic mass is 9.92. The minimum atomic E-state index is -3.88. The first-order valence-corrected chi connectivity index (χ1v) is 10.5. The van der Waals surface area contributed by atoms with Crippen LogP contribution in [0, 0.1) is 11.3 Å². The van der Waals surface area contributed by atoms with E-state index in [0.29, 0.717) is 5.52 Å². The van der Waals surface area contributed by atoms with Gasteiger partial charge in [-0.05, 0) is 23.3 Å². The van der Waals surface area contributed by atoms with Crippen LogP contribution in [0.2, 0.25) is 0 Å². The van der Waals surface area contributed by atoms with Gasteiger partial charge < -0.3 is 10.1 Å². The molecule has 1 aliphatic heterocycles. The zero-order chi connectivity index (χ0) is 20.6. The fraction of sp³-hybridized carbons (Fsp3) is 0.190. The van der Waals surface area contributed by atoms with E-state index in [9.17, 15) is 13.5 Å². The molecule has 0 amide bonds. The summed E-state index contributed by atoms with van der Waals surface area (Å²) >= 11 is 0. The number of fused-ring (bicyclic) bond motifs is 2. The van der Waals surface area contributed by atoms with Gasteiger partial charge in [-0.15, -0.1) is 0 Å². The summed E-state index contributed by atoms with van der Waals surface area (Å²) in [6.45, 7) is 0.103. The van der Waals surface area contributed by atoms with Gasteiger partial charge >= 0.3 is 10.2 Å². The number of aromatic hydroxyl groups is 1. The van der Waals surface area contributed by atoms with Gasteiger partial charge in [0, 0.05) is 43.4 Å². The van der Waals surface area contributed by atoms with Crippen molar-refractivity contribution >= 4 is 27.2 Å². The van der Waals surface area contributed by atoms with Crippen molar-refractivity contribution in [3.05, 3.63) is 71.6 Å². The minimum absolute atomic E-state index is 0.103. The van der Waals surface area contributed by atoms with Gasteiger partial charge in [0.2, 0.25) is 0 Å². The molecule has 3 aromatic rings. The van der Waals surface area contributed by atoms with Gasteiger partial charge in [-0.25, -0.2) is 0 Å². The van der Waals surface area contributed by atoms with Gasteiger partial charge in [0.1, 0.15) is 5.75 Å². The van der Waals surface area contributed by atoms with Crippen molar-refractivity contribution in [2.75, 3.05) is 13.6 Å². The summed E-state index contributed by atoms with van der Waals surface area (Å²) < 4.78 is 29.2. The highest BCUT2D eigenvalue weighted by Gasteiger charge is 2.36. The highest BCUT2D eigenvalue weighted by Crippen LogP contribution is 2.41. The molecular formula is C21H20N4O3S. The van der Waals surface area contributed by atoms with Crippen LogP contribution in [-0.2, 0) is 10.2 Å². The number of nitrogens with zero attached hydrogens (tertiary/aromatic N) is 3. The molecular weight excluding hydrogens is 388 g/mol. The molecule has 8 heteroatoms. The Morgan fingerprint density at radius 2 is 2.00 bits per heavy atom. The number of aromatic nitrogens is 1. The standard InChI is InChI=1S/C21H20N4O3S/c1-24(12-5-11-22)29(27,28)25-13-10-15-6-2-3-7-16(15)21(25)18-14-23-20-17(18)8-4-9-19(20)26/h2-4,6-10,13-14,21,23,26H,5,12H2,1H3. The number of nitriles is 1. The Morgan fingerprint density at radius 1 is 1.21 bits per heavy atom. The van der Waals surface area contributed by atoms with E-state index in [-0.39, 0.29) is 18.7 Å². The van der Waals surface area contributed by atoms with Crippen molar-refractivity contribution in [2.24, 2.45) is 0 Å². The van der Waals surface area contributed by atoms with Gasteiger partial charge in [-0.2, -0.15) is 18.0 Å². The van der Waals surface area contributed by atoms with Crippen molar-refractivity contribution in [1.29, 1.82) is 5.26 Å². The Balaban J connectivity index is 1.90. The molecule has 1 aromatic heterocycles. The van der Waals surface area contributed by atoms with E-state index >= 15 is 0 Å². The number of hydrogen-bond acceptors (Lipinski definition) is 4. The molecule has 1 unspecified atom stereocenters. The second-order valence-electron chi connectivity index (χ2n) is 6.86. The summed E-state index contributed by atoms with van der Waals surface area (Å²) in [7, 11) is -2.41. The number of nitrogens with one attached hydrogen (secondary N) is 1. The van der Waals surface area contributed by atoms with Crippen molar-refractivity contribution in [3.8, 4) is 11.8 Å². The Bertz CT molecular complexity index is 1240. The Labute approximate surface area is 169 Å². The van der Waals surface area contributed by atoms with Crippen LogP contribution < -0.4 is 0 Å². The Morgan fingerprint density at radius 3 is 2.79 bits per heavy atom. The number of hydrogen-bond donors (Lipinski definition) is 2. The van der Waals surface area contributed by atoms with Crippen LogP contribution in [0.4, 0.5) is 0 Å². The zero-order valence-electron chi connectivity index (χ0n) is 15.8. The average molecular weight is 408 g/mol. The summed E-state index contributed by atoms with van der Waals surface area (Å²) in [5.41, 5.74) is 3.07. The summed E-state index contributed by atoms with van der Waals surface area (Å²) in [4.78, 5) is 3.07. The number of benzene rings is 2. The molecule has 0 bridgehead atoms. The normalized spacial score (nSPS) is 16.2. The predicted octanol–water partition coefficient (Wildman–Crippen LogP) is 3.34. The van der Waals surface area contributed by atoms with E-state index in [4.69, 9.17) is 5.26 Å². The van der Waals surface area contributed by atoms with E-state index in [1.165, 1.54) is 15.7 Å². The molecule has 29 heavy (non-hydrogen) atoms. The maximum Gasteiger partial charge on any atom is 0.304 e. The molecule has 0 spiro atoms. The molecule has 0 saturated carbocycles. The molecule has 4 rings (SSSR count). The van der Waals surface area contributed by atoms with Gasteiger partial charge in [-0.1, -0.05) is 36.4 Å². The third-order valence-corrected chi connectivity index (χ3v) is 7.00. The number of H-pyrrole nitrogens is 1. The third kappa shape index (κ3) is 3.14. The maximum absolute atomic E-state index is 13.3. The lowest BCUT2D eigenvalue weighted by Crippen LogP contribution is -2.42. The molecule has 1 atom stereocenters. The molecule has 0 fully saturated rings. The topological polar surface area (TPSA) is 100 Å². The fourth-order valence-electron chi connectivity index (χ4n) is 3.67. The molecule has 0 aliphatic carbocycles. The van der Waals surface area contributed by atoms with Crippen LogP contribution in [0.25, 0.3) is 17.0 Å². The van der Waals surface area contributed by atoms with Crippen LogP contribution in [0.3, 0.4) is 0 Å². The SMILES string of the molecule is CN(CCC#N)S(=O)(=O)N1C=Cc2ccccc2C1c1c[nH]c2c(O)cccc12. The summed E-state index contributed by atoms with van der Waals surface area (Å²) in [5, 5.41) is 19.8. The molecule has 2 N–H and O–H groups in total. The fourth-order valence-corrected chi connectivity index (χ4v) is 5.03. The van der Waals surface area contributed by atoms with Crippen LogP contribution in [0.15, 0.2) is 54.9 Å². The largest absolute Gasteiger partial charge is 0.506 e. The maximum atomic E-state index is 13.3. The van der Waals surface area contributed by atoms with E-state index in [0.717, 1.165) is 22.1 Å². The Hall–Kier alpha value is -3.28. The summed E-state index contributed by atoms with van der Waals surface area (Å²) in [5.74, 6) is 0.105. The average Bonchev–Trinajstić information content (AvgIpc) is 3.16. The van der Waals surface area contributed by atoms with Gasteiger partial charge in [0.25, 0.3) is 0 Å². The van der Waals surface area contributed by atoms with Crippen molar-refractivity contribution in [3.63, 3.8) is 0 Å². The van der Waals surface area contributed by atoms with E-state index in [1.54, 1.807) is 30.6 Å². The number of para-hydroxylation sites is 1. The van der Waals surface area contributed by atoms with E-state index in [2.05, 4.69) is 4.98 Å². The molecule has 2 heterocycles. The lowest BCUT2D eigenvalue weighted by Gasteiger charge is -2.36. The smallest absolute Gasteiger partial charge is 0.304 e. The van der Waals surface area contributed by atoms with Crippen molar-refractivity contribution in [2.45, 2.75) is 12.5 Å². The monoisotopic (exact) mass is 408 g/mol. The molecule has 0 radical (unpaired) electrons. The predicted molar refractivity (Wildman–Crippen MR) is 111 cm³/mol. The van der Waals surface area contributed by atoms with E-state index < -0.39 is 16.3 Å². The summed E-state index contributed by atoms with van der Waals surface area (Å²) in [6.07, 6.45) is 5.18. The van der Waals surface area contributed by atoms with Crippen LogP contribution >= 0.6 is 0 Å². The van der Waals surface area contributed by atoms with E-state index in [1.807, 2.05) is 36.4 Å². The molecule has 148 valence electrons. The second kappa shape index (κ2) is 7.28. The minimum Gasteiger partial charge on any atom is -0.506 e. The number of rotatable bonds is 5. The first-order valence-electron chi connectivity index (χ1n) is 9.13. The van der Waals surface area contributed by atoms with Crippen molar-refractivity contribution in [1.82, 2.24) is 13.6 Å². The van der Waals surface area contributed by atoms with Gasteiger partial charge in [0.05, 0.1) is 17.6 Å². The highest BCUT2D eigenvalue weighted by molar-refractivity contribution is 7.86. The van der Waals surface area contributed by atoms with Crippen LogP contribution in [-0.4, -0.2) is 40.7 Å². The lowest BCUT2D eigenvalue weighted by molar-refractivity contribution is 0.384. The van der Waals surface area contributed by atoms with Crippen molar-refractivity contribution < 1.29 is 13.5 Å². The highest BCUT2D eigenvalue weighted by atomic mass is 32.2. The number of phenolic OH excluding ortho intramolecular Hbond substituents is 1. The molecule has 2 aromatic carbocycles. The summed E-state index contributed by atoms with van der Waals surface area (Å²) in [6, 6.07) is 14.2. The molecule has 0 saturated heterocycles. The van der Waals surface area contributed by atoms with Gasteiger partial charge in [0.15, 0.2) is 0 Å². The Kier molecular flexibility index (Phi) is 4.78. The quantitative estimate of drug-likeness (QED) is 0.676. The first kappa shape index (κ1) is 19.1. The third-order valence-electron chi connectivity index (χ3n) is 5.16. The van der Waals surface area contributed by atoms with Crippen LogP contribution in [0.1, 0.15) is 29.2 Å². The molecule has 7 nitrogen and oxygen atoms in total. The zero-order valence-corrected chi connectivity index (χ0v) is 16.6. The van der Waals surface area contributed by atoms with Gasteiger partial charge in [-0.3, -0.25) is 4.31 Å². The first-order chi connectivity index (χ1) is 13.9. The number of aromatic amines is 1. The second-order valence-corrected chi connectivity index (χ2v) is 8.80. The number of phenols is 1.